The van der Waals surface area contributed by atoms with Gasteiger partial charge in [0.25, 0.3) is 5.91 Å². The summed E-state index contributed by atoms with van der Waals surface area (Å²) >= 11 is 0. The first kappa shape index (κ1) is 23.6. The number of esters is 2. The molecule has 0 saturated heterocycles. The van der Waals surface area contributed by atoms with Gasteiger partial charge in [-0.2, -0.15) is 0 Å². The molecule has 0 saturated carbocycles. The molecule has 1 aromatic carbocycles. The lowest BCUT2D eigenvalue weighted by atomic mass is 9.99. The Bertz CT molecular complexity index is 821. The average Bonchev–Trinajstić information content (AvgIpc) is 2.68. The van der Waals surface area contributed by atoms with E-state index in [0.717, 1.165) is 4.31 Å². The van der Waals surface area contributed by atoms with Gasteiger partial charge in [-0.3, -0.25) is 4.79 Å². The van der Waals surface area contributed by atoms with Gasteiger partial charge in [0.2, 0.25) is 10.0 Å². The van der Waals surface area contributed by atoms with Crippen LogP contribution >= 0.6 is 0 Å². The van der Waals surface area contributed by atoms with Crippen molar-refractivity contribution in [3.05, 3.63) is 29.8 Å². The van der Waals surface area contributed by atoms with Gasteiger partial charge < -0.3 is 14.8 Å². The van der Waals surface area contributed by atoms with Gasteiger partial charge in [-0.25, -0.2) is 22.3 Å². The van der Waals surface area contributed by atoms with Crippen molar-refractivity contribution in [3.8, 4) is 0 Å². The van der Waals surface area contributed by atoms with Crippen LogP contribution in [-0.4, -0.2) is 64.4 Å². The SMILES string of the molecule is CC[C@@H](C)[C@@H](NC(=O)COC(=O)c1cccc(S(=O)(=O)N(C)C)c1)C(=O)OC. The summed E-state index contributed by atoms with van der Waals surface area (Å²) in [7, 11) is 0.260. The number of amides is 1. The Kier molecular flexibility index (Phi) is 8.58. The third-order valence-electron chi connectivity index (χ3n) is 4.17. The summed E-state index contributed by atoms with van der Waals surface area (Å²) in [5.41, 5.74) is -0.0119. The normalized spacial score (nSPS) is 13.5. The van der Waals surface area contributed by atoms with Crippen LogP contribution in [0.5, 0.6) is 0 Å². The summed E-state index contributed by atoms with van der Waals surface area (Å²) in [6.45, 7) is 3.03. The number of carbonyl (C=O) groups excluding carboxylic acids is 3. The monoisotopic (exact) mass is 414 g/mol. The van der Waals surface area contributed by atoms with Crippen LogP contribution in [0, 0.1) is 5.92 Å². The van der Waals surface area contributed by atoms with Crippen molar-refractivity contribution in [2.45, 2.75) is 31.2 Å². The van der Waals surface area contributed by atoms with Gasteiger partial charge in [0.15, 0.2) is 6.61 Å². The Morgan fingerprint density at radius 1 is 1.21 bits per heavy atom. The maximum Gasteiger partial charge on any atom is 0.338 e. The molecule has 1 amide bonds. The highest BCUT2D eigenvalue weighted by Gasteiger charge is 2.27. The molecule has 156 valence electrons. The van der Waals surface area contributed by atoms with Crippen LogP contribution in [-0.2, 0) is 29.1 Å². The maximum atomic E-state index is 12.2. The van der Waals surface area contributed by atoms with Crippen LogP contribution in [0.2, 0.25) is 0 Å². The molecular weight excluding hydrogens is 388 g/mol. The summed E-state index contributed by atoms with van der Waals surface area (Å²) in [6, 6.07) is 4.46. The van der Waals surface area contributed by atoms with Crippen molar-refractivity contribution in [2.75, 3.05) is 27.8 Å². The van der Waals surface area contributed by atoms with Crippen molar-refractivity contribution in [1.82, 2.24) is 9.62 Å². The molecule has 1 aromatic rings. The lowest BCUT2D eigenvalue weighted by molar-refractivity contribution is -0.147. The maximum absolute atomic E-state index is 12.2. The van der Waals surface area contributed by atoms with Gasteiger partial charge in [-0.15, -0.1) is 0 Å². The molecule has 0 unspecified atom stereocenters. The summed E-state index contributed by atoms with van der Waals surface area (Å²) in [5, 5.41) is 2.48. The van der Waals surface area contributed by atoms with E-state index >= 15 is 0 Å². The van der Waals surface area contributed by atoms with E-state index in [-0.39, 0.29) is 16.4 Å². The molecule has 10 heteroatoms. The van der Waals surface area contributed by atoms with Crippen LogP contribution in [0.25, 0.3) is 0 Å². The fraction of sp³-hybridized carbons (Fsp3) is 0.500. The van der Waals surface area contributed by atoms with E-state index in [9.17, 15) is 22.8 Å². The Hall–Kier alpha value is -2.46. The van der Waals surface area contributed by atoms with E-state index in [1.165, 1.54) is 45.5 Å². The van der Waals surface area contributed by atoms with Gasteiger partial charge in [-0.1, -0.05) is 26.3 Å². The lowest BCUT2D eigenvalue weighted by Gasteiger charge is -2.21. The van der Waals surface area contributed by atoms with Gasteiger partial charge in [0.05, 0.1) is 17.6 Å². The van der Waals surface area contributed by atoms with E-state index in [1.807, 2.05) is 6.92 Å². The third kappa shape index (κ3) is 6.03. The predicted octanol–water partition coefficient (Wildman–Crippen LogP) is 0.798. The summed E-state index contributed by atoms with van der Waals surface area (Å²) in [5.74, 6) is -2.28. The molecule has 0 radical (unpaired) electrons. The Labute approximate surface area is 165 Å². The first-order chi connectivity index (χ1) is 13.0. The van der Waals surface area contributed by atoms with E-state index in [1.54, 1.807) is 6.92 Å². The van der Waals surface area contributed by atoms with E-state index in [4.69, 9.17) is 4.74 Å². The van der Waals surface area contributed by atoms with Crippen LogP contribution in [0.15, 0.2) is 29.2 Å². The molecule has 0 spiro atoms. The van der Waals surface area contributed by atoms with Crippen LogP contribution in [0.3, 0.4) is 0 Å². The number of benzene rings is 1. The second kappa shape index (κ2) is 10.2. The quantitative estimate of drug-likeness (QED) is 0.594. The highest BCUT2D eigenvalue weighted by molar-refractivity contribution is 7.89. The van der Waals surface area contributed by atoms with E-state index in [2.05, 4.69) is 10.1 Å². The number of carbonyl (C=O) groups is 3. The number of hydrogen-bond acceptors (Lipinski definition) is 7. The summed E-state index contributed by atoms with van der Waals surface area (Å²) < 4.78 is 34.9. The number of nitrogens with one attached hydrogen (secondary N) is 1. The van der Waals surface area contributed by atoms with E-state index in [0.29, 0.717) is 6.42 Å². The largest absolute Gasteiger partial charge is 0.467 e. The zero-order chi connectivity index (χ0) is 21.5. The van der Waals surface area contributed by atoms with Crippen molar-refractivity contribution in [3.63, 3.8) is 0 Å². The van der Waals surface area contributed by atoms with Crippen molar-refractivity contribution in [2.24, 2.45) is 5.92 Å². The number of nitrogens with zero attached hydrogens (tertiary/aromatic N) is 1. The van der Waals surface area contributed by atoms with E-state index < -0.39 is 40.5 Å². The fourth-order valence-electron chi connectivity index (χ4n) is 2.22. The second-order valence-corrected chi connectivity index (χ2v) is 8.50. The van der Waals surface area contributed by atoms with Crippen molar-refractivity contribution < 1.29 is 32.3 Å². The highest BCUT2D eigenvalue weighted by Crippen LogP contribution is 2.15. The number of ether oxygens (including phenoxy) is 2. The minimum absolute atomic E-state index is 0.0119. The standard InChI is InChI=1S/C18H26N2O7S/c1-6-12(2)16(18(23)26-5)19-15(21)11-27-17(22)13-8-7-9-14(10-13)28(24,25)20(3)4/h7-10,12,16H,6,11H2,1-5H3,(H,19,21)/t12-,16-/m1/s1. The number of hydrogen-bond donors (Lipinski definition) is 1. The van der Waals surface area contributed by atoms with Crippen LogP contribution in [0.4, 0.5) is 0 Å². The molecule has 1 rings (SSSR count). The van der Waals surface area contributed by atoms with Crippen LogP contribution in [0.1, 0.15) is 30.6 Å². The molecule has 0 aliphatic carbocycles. The first-order valence-corrected chi connectivity index (χ1v) is 10.1. The number of sulfonamides is 1. The molecule has 2 atom stereocenters. The Morgan fingerprint density at radius 3 is 2.39 bits per heavy atom. The smallest absolute Gasteiger partial charge is 0.338 e. The zero-order valence-corrected chi connectivity index (χ0v) is 17.4. The highest BCUT2D eigenvalue weighted by atomic mass is 32.2. The fourth-order valence-corrected chi connectivity index (χ4v) is 3.17. The molecule has 0 aliphatic rings. The predicted molar refractivity (Wildman–Crippen MR) is 101 cm³/mol. The Morgan fingerprint density at radius 2 is 1.86 bits per heavy atom. The molecular formula is C18H26N2O7S. The molecule has 9 nitrogen and oxygen atoms in total. The third-order valence-corrected chi connectivity index (χ3v) is 5.98. The molecule has 0 aromatic heterocycles. The molecule has 0 bridgehead atoms. The van der Waals surface area contributed by atoms with Gasteiger partial charge in [0, 0.05) is 14.1 Å². The molecule has 0 aliphatic heterocycles. The summed E-state index contributed by atoms with van der Waals surface area (Å²) in [6.07, 6.45) is 0.632. The topological polar surface area (TPSA) is 119 Å². The lowest BCUT2D eigenvalue weighted by Crippen LogP contribution is -2.47. The minimum atomic E-state index is -3.71. The van der Waals surface area contributed by atoms with Crippen molar-refractivity contribution in [1.29, 1.82) is 0 Å². The van der Waals surface area contributed by atoms with Crippen LogP contribution < -0.4 is 5.32 Å². The first-order valence-electron chi connectivity index (χ1n) is 8.61. The molecule has 0 fully saturated rings. The number of rotatable bonds is 9. The molecule has 28 heavy (non-hydrogen) atoms. The minimum Gasteiger partial charge on any atom is -0.467 e. The van der Waals surface area contributed by atoms with Gasteiger partial charge >= 0.3 is 11.9 Å². The molecule has 1 N–H and O–H groups in total. The second-order valence-electron chi connectivity index (χ2n) is 6.35. The average molecular weight is 414 g/mol. The Balaban J connectivity index is 2.79. The number of methoxy groups -OCH3 is 1. The van der Waals surface area contributed by atoms with Crippen molar-refractivity contribution >= 4 is 27.9 Å². The van der Waals surface area contributed by atoms with Gasteiger partial charge in [-0.05, 0) is 24.1 Å². The summed E-state index contributed by atoms with van der Waals surface area (Å²) in [4.78, 5) is 35.9. The molecule has 0 heterocycles. The zero-order valence-electron chi connectivity index (χ0n) is 16.6. The van der Waals surface area contributed by atoms with Gasteiger partial charge in [0.1, 0.15) is 6.04 Å².